The Labute approximate surface area is 230 Å². The molecule has 1 aromatic carbocycles. The number of ether oxygens (including phenoxy) is 4. The Morgan fingerprint density at radius 1 is 0.923 bits per heavy atom. The van der Waals surface area contributed by atoms with E-state index < -0.39 is 48.0 Å². The van der Waals surface area contributed by atoms with Crippen LogP contribution in [0.25, 0.3) is 0 Å². The molecule has 4 unspecified atom stereocenters. The Morgan fingerprint density at radius 2 is 1.49 bits per heavy atom. The molecule has 1 aliphatic carbocycles. The van der Waals surface area contributed by atoms with Crippen molar-refractivity contribution in [2.24, 2.45) is 17.6 Å². The molecule has 10 nitrogen and oxygen atoms in total. The first-order valence-corrected chi connectivity index (χ1v) is 13.9. The summed E-state index contributed by atoms with van der Waals surface area (Å²) < 4.78 is 21.9. The van der Waals surface area contributed by atoms with Crippen LogP contribution in [-0.4, -0.2) is 47.4 Å². The van der Waals surface area contributed by atoms with Gasteiger partial charge in [0.15, 0.2) is 11.5 Å². The van der Waals surface area contributed by atoms with Gasteiger partial charge in [-0.1, -0.05) is 40.2 Å². The van der Waals surface area contributed by atoms with Gasteiger partial charge in [0, 0.05) is 5.92 Å². The zero-order valence-electron chi connectivity index (χ0n) is 23.6. The summed E-state index contributed by atoms with van der Waals surface area (Å²) in [4.78, 5) is 49.3. The van der Waals surface area contributed by atoms with Gasteiger partial charge in [-0.25, -0.2) is 4.79 Å². The van der Waals surface area contributed by atoms with Crippen LogP contribution in [0.5, 0.6) is 11.5 Å². The van der Waals surface area contributed by atoms with E-state index in [0.717, 1.165) is 32.1 Å². The Hall–Kier alpha value is -3.14. The van der Waals surface area contributed by atoms with Gasteiger partial charge in [0.25, 0.3) is 0 Å². The lowest BCUT2D eigenvalue weighted by atomic mass is 9.87. The molecule has 1 aliphatic rings. The summed E-state index contributed by atoms with van der Waals surface area (Å²) in [5.74, 6) is -3.82. The van der Waals surface area contributed by atoms with Gasteiger partial charge < -0.3 is 29.8 Å². The lowest BCUT2D eigenvalue weighted by Crippen LogP contribution is -2.38. The molecule has 0 spiro atoms. The third kappa shape index (κ3) is 9.84. The average Bonchev–Trinajstić information content (AvgIpc) is 2.91. The highest BCUT2D eigenvalue weighted by molar-refractivity contribution is 5.79. The van der Waals surface area contributed by atoms with E-state index in [1.54, 1.807) is 26.8 Å². The molecule has 3 N–H and O–H groups in total. The number of benzene rings is 1. The minimum atomic E-state index is -1.35. The van der Waals surface area contributed by atoms with Gasteiger partial charge in [-0.05, 0) is 69.6 Å². The number of carbonyl (C=O) groups excluding carboxylic acids is 3. The largest absolute Gasteiger partial charge is 0.508 e. The first-order chi connectivity index (χ1) is 18.5. The first-order valence-electron chi connectivity index (χ1n) is 13.9. The molecule has 0 bridgehead atoms. The van der Waals surface area contributed by atoms with Crippen LogP contribution in [0.3, 0.4) is 0 Å². The van der Waals surface area contributed by atoms with E-state index in [9.17, 15) is 24.3 Å². The van der Waals surface area contributed by atoms with Crippen molar-refractivity contribution in [2.45, 2.75) is 110 Å². The maximum Gasteiger partial charge on any atom is 0.508 e. The molecule has 1 fully saturated rings. The molecular formula is C29H43NO9. The van der Waals surface area contributed by atoms with Crippen molar-refractivity contribution in [2.75, 3.05) is 0 Å². The number of aliphatic carboxylic acids is 1. The van der Waals surface area contributed by atoms with Crippen molar-refractivity contribution in [3.63, 3.8) is 0 Å². The second kappa shape index (κ2) is 15.5. The molecule has 2 rings (SSSR count). The van der Waals surface area contributed by atoms with Crippen molar-refractivity contribution < 1.29 is 43.2 Å². The van der Waals surface area contributed by atoms with E-state index in [4.69, 9.17) is 24.7 Å². The summed E-state index contributed by atoms with van der Waals surface area (Å²) in [7, 11) is 0. The van der Waals surface area contributed by atoms with Crippen molar-refractivity contribution in [3.8, 4) is 11.5 Å². The quantitative estimate of drug-likeness (QED) is 0.243. The lowest BCUT2D eigenvalue weighted by molar-refractivity contribution is -0.141. The molecule has 1 aromatic rings. The molecule has 0 radical (unpaired) electrons. The highest BCUT2D eigenvalue weighted by Crippen LogP contribution is 2.35. The van der Waals surface area contributed by atoms with Crippen molar-refractivity contribution >= 4 is 24.1 Å². The van der Waals surface area contributed by atoms with Gasteiger partial charge in [-0.2, -0.15) is 0 Å². The Balaban J connectivity index is 2.30. The van der Waals surface area contributed by atoms with E-state index in [0.29, 0.717) is 18.4 Å². The first kappa shape index (κ1) is 32.1. The van der Waals surface area contributed by atoms with E-state index in [1.807, 2.05) is 13.8 Å². The monoisotopic (exact) mass is 549 g/mol. The summed E-state index contributed by atoms with van der Waals surface area (Å²) in [6, 6.07) is 3.14. The standard InChI is InChI=1S/C29H43NO9/c1-6-17(3)27(33)38-23-14-13-20(16-24(23)39-28(34)18(4)7-2)22(25(30)26(31)32)15-19(5)36-29(35)37-21-11-9-8-10-12-21/h13-14,16-19,21-22,25H,6-12,15,30H2,1-5H3,(H,31,32)/t17?,18?,19?,22?,25-/m0/s1. The van der Waals surface area contributed by atoms with Crippen LogP contribution in [0, 0.1) is 11.8 Å². The van der Waals surface area contributed by atoms with E-state index >= 15 is 0 Å². The predicted molar refractivity (Wildman–Crippen MR) is 143 cm³/mol. The summed E-state index contributed by atoms with van der Waals surface area (Å²) >= 11 is 0. The molecular weight excluding hydrogens is 506 g/mol. The van der Waals surface area contributed by atoms with Crippen LogP contribution in [0.15, 0.2) is 18.2 Å². The molecule has 0 aliphatic heterocycles. The van der Waals surface area contributed by atoms with Crippen molar-refractivity contribution in [1.29, 1.82) is 0 Å². The normalized spacial score (nSPS) is 17.7. The number of esters is 2. The van der Waals surface area contributed by atoms with E-state index in [1.165, 1.54) is 12.1 Å². The highest BCUT2D eigenvalue weighted by Gasteiger charge is 2.31. The maximum absolute atomic E-state index is 12.6. The van der Waals surface area contributed by atoms with Gasteiger partial charge in [0.2, 0.25) is 0 Å². The van der Waals surface area contributed by atoms with Crippen LogP contribution >= 0.6 is 0 Å². The van der Waals surface area contributed by atoms with E-state index in [2.05, 4.69) is 0 Å². The number of carboxylic acid groups (broad SMARTS) is 1. The van der Waals surface area contributed by atoms with Crippen LogP contribution in [-0.2, 0) is 23.9 Å². The van der Waals surface area contributed by atoms with Gasteiger partial charge in [0.1, 0.15) is 18.2 Å². The second-order valence-electron chi connectivity index (χ2n) is 10.4. The fourth-order valence-corrected chi connectivity index (χ4v) is 4.25. The molecule has 0 heterocycles. The smallest absolute Gasteiger partial charge is 0.480 e. The van der Waals surface area contributed by atoms with Gasteiger partial charge >= 0.3 is 24.1 Å². The number of hydrogen-bond donors (Lipinski definition) is 2. The third-order valence-electron chi connectivity index (χ3n) is 7.26. The highest BCUT2D eigenvalue weighted by atomic mass is 16.7. The van der Waals surface area contributed by atoms with Crippen LogP contribution in [0.1, 0.15) is 97.5 Å². The van der Waals surface area contributed by atoms with Crippen LogP contribution < -0.4 is 15.2 Å². The zero-order valence-corrected chi connectivity index (χ0v) is 23.6. The molecule has 1 saturated carbocycles. The molecule has 39 heavy (non-hydrogen) atoms. The molecule has 0 saturated heterocycles. The predicted octanol–water partition coefficient (Wildman–Crippen LogP) is 5.35. The minimum absolute atomic E-state index is 0.0117. The number of rotatable bonds is 13. The van der Waals surface area contributed by atoms with Gasteiger partial charge in [-0.3, -0.25) is 14.4 Å². The Bertz CT molecular complexity index is 989. The van der Waals surface area contributed by atoms with Crippen molar-refractivity contribution in [1.82, 2.24) is 0 Å². The van der Waals surface area contributed by atoms with Crippen LogP contribution in [0.4, 0.5) is 4.79 Å². The molecule has 10 heteroatoms. The van der Waals surface area contributed by atoms with Crippen molar-refractivity contribution in [3.05, 3.63) is 23.8 Å². The second-order valence-corrected chi connectivity index (χ2v) is 10.4. The molecule has 5 atom stereocenters. The SMILES string of the molecule is CCC(C)C(=O)Oc1ccc(C(CC(C)OC(=O)OC2CCCCC2)[C@H](N)C(=O)O)cc1OC(=O)C(C)CC. The Morgan fingerprint density at radius 3 is 2.03 bits per heavy atom. The number of hydrogen-bond acceptors (Lipinski definition) is 9. The fraction of sp³-hybridized carbons (Fsp3) is 0.655. The Kier molecular flexibility index (Phi) is 12.7. The van der Waals surface area contributed by atoms with Crippen LogP contribution in [0.2, 0.25) is 0 Å². The zero-order chi connectivity index (χ0) is 29.1. The average molecular weight is 550 g/mol. The fourth-order valence-electron chi connectivity index (χ4n) is 4.25. The minimum Gasteiger partial charge on any atom is -0.480 e. The summed E-state index contributed by atoms with van der Waals surface area (Å²) in [5.41, 5.74) is 6.48. The molecule has 0 aromatic heterocycles. The summed E-state index contributed by atoms with van der Waals surface area (Å²) in [6.45, 7) is 8.77. The molecule has 218 valence electrons. The summed E-state index contributed by atoms with van der Waals surface area (Å²) in [6.07, 6.45) is 4.17. The number of carboxylic acids is 1. The van der Waals surface area contributed by atoms with Gasteiger partial charge in [-0.15, -0.1) is 0 Å². The topological polar surface area (TPSA) is 151 Å². The number of nitrogens with two attached hydrogens (primary N) is 1. The maximum atomic E-state index is 12.6. The van der Waals surface area contributed by atoms with E-state index in [-0.39, 0.29) is 29.9 Å². The summed E-state index contributed by atoms with van der Waals surface area (Å²) in [5, 5.41) is 9.69. The van der Waals surface area contributed by atoms with Gasteiger partial charge in [0.05, 0.1) is 11.8 Å². The number of carbonyl (C=O) groups is 4. The third-order valence-corrected chi connectivity index (χ3v) is 7.26. The lowest BCUT2D eigenvalue weighted by Gasteiger charge is -2.26. The molecule has 0 amide bonds.